The van der Waals surface area contributed by atoms with E-state index in [0.717, 1.165) is 43.6 Å². The highest BCUT2D eigenvalue weighted by Gasteiger charge is 2.23. The van der Waals surface area contributed by atoms with Crippen LogP contribution in [0, 0.1) is 0 Å². The Balaban J connectivity index is 2.06. The van der Waals surface area contributed by atoms with Crippen molar-refractivity contribution in [3.8, 4) is 0 Å². The summed E-state index contributed by atoms with van der Waals surface area (Å²) in [5.74, 6) is 0. The number of aromatic nitrogens is 2. The fourth-order valence-electron chi connectivity index (χ4n) is 2.29. The molecule has 4 nitrogen and oxygen atoms in total. The molecule has 0 amide bonds. The van der Waals surface area contributed by atoms with E-state index in [-0.39, 0.29) is 5.56 Å². The molecule has 2 heterocycles. The van der Waals surface area contributed by atoms with Crippen LogP contribution < -0.4 is 10.9 Å². The van der Waals surface area contributed by atoms with Crippen LogP contribution in [-0.4, -0.2) is 16.1 Å². The van der Waals surface area contributed by atoms with Gasteiger partial charge in [-0.25, -0.2) is 4.98 Å². The molecule has 1 fully saturated rings. The molecule has 1 aromatic rings. The second-order valence-electron chi connectivity index (χ2n) is 4.39. The van der Waals surface area contributed by atoms with Gasteiger partial charge in [-0.2, -0.15) is 0 Å². The molecule has 4 heteroatoms. The summed E-state index contributed by atoms with van der Waals surface area (Å²) in [4.78, 5) is 16.5. The minimum Gasteiger partial charge on any atom is -0.311 e. The average Bonchev–Trinajstić information content (AvgIpc) is 2.20. The third-order valence-electron chi connectivity index (χ3n) is 3.49. The Labute approximate surface area is 88.3 Å². The summed E-state index contributed by atoms with van der Waals surface area (Å²) in [5, 5.41) is 3.23. The third kappa shape index (κ3) is 1.40. The van der Waals surface area contributed by atoms with E-state index in [2.05, 4.69) is 10.3 Å². The van der Waals surface area contributed by atoms with Crippen LogP contribution in [0.3, 0.4) is 0 Å². The molecule has 0 bridgehead atoms. The van der Waals surface area contributed by atoms with Gasteiger partial charge < -0.3 is 5.32 Å². The van der Waals surface area contributed by atoms with E-state index in [1.807, 2.05) is 4.57 Å². The van der Waals surface area contributed by atoms with Gasteiger partial charge in [-0.15, -0.1) is 0 Å². The summed E-state index contributed by atoms with van der Waals surface area (Å²) < 4.78 is 1.84. The number of hydrogen-bond donors (Lipinski definition) is 1. The van der Waals surface area contributed by atoms with Crippen molar-refractivity contribution < 1.29 is 0 Å². The molecule has 1 aliphatic heterocycles. The molecule has 0 atom stereocenters. The molecule has 0 aromatic carbocycles. The Morgan fingerprint density at radius 3 is 3.07 bits per heavy atom. The summed E-state index contributed by atoms with van der Waals surface area (Å²) in [6.45, 7) is 1.65. The Kier molecular flexibility index (Phi) is 2.09. The maximum absolute atomic E-state index is 12.1. The standard InChI is InChI=1S/C11H15N3O/c15-11-9-4-5-12-6-10(9)13-7-14(11)8-2-1-3-8/h7-8,12H,1-6H2. The summed E-state index contributed by atoms with van der Waals surface area (Å²) in [7, 11) is 0. The molecule has 0 saturated heterocycles. The Bertz CT molecular complexity index is 434. The van der Waals surface area contributed by atoms with E-state index in [1.54, 1.807) is 6.33 Å². The van der Waals surface area contributed by atoms with Crippen molar-refractivity contribution in [1.82, 2.24) is 14.9 Å². The monoisotopic (exact) mass is 205 g/mol. The summed E-state index contributed by atoms with van der Waals surface area (Å²) in [6, 6.07) is 0.421. The van der Waals surface area contributed by atoms with Gasteiger partial charge in [0, 0.05) is 18.2 Å². The number of hydrogen-bond acceptors (Lipinski definition) is 3. The van der Waals surface area contributed by atoms with Gasteiger partial charge in [-0.05, 0) is 32.2 Å². The highest BCUT2D eigenvalue weighted by atomic mass is 16.1. The first kappa shape index (κ1) is 9.09. The molecule has 2 aliphatic rings. The zero-order chi connectivity index (χ0) is 10.3. The van der Waals surface area contributed by atoms with Crippen LogP contribution in [0.1, 0.15) is 36.6 Å². The molecule has 3 rings (SSSR count). The second-order valence-corrected chi connectivity index (χ2v) is 4.39. The smallest absolute Gasteiger partial charge is 0.257 e. The minimum absolute atomic E-state index is 0.200. The normalized spacial score (nSPS) is 20.8. The van der Waals surface area contributed by atoms with Crippen molar-refractivity contribution in [3.63, 3.8) is 0 Å². The van der Waals surface area contributed by atoms with Crippen LogP contribution in [0.2, 0.25) is 0 Å². The number of nitrogens with one attached hydrogen (secondary N) is 1. The molecule has 1 aromatic heterocycles. The largest absolute Gasteiger partial charge is 0.311 e. The first-order chi connectivity index (χ1) is 7.36. The minimum atomic E-state index is 0.200. The van der Waals surface area contributed by atoms with E-state index in [9.17, 15) is 4.79 Å². The SMILES string of the molecule is O=c1c2c(ncn1C1CCC1)CNCC2. The molecule has 80 valence electrons. The van der Waals surface area contributed by atoms with E-state index in [4.69, 9.17) is 0 Å². The van der Waals surface area contributed by atoms with Crippen molar-refractivity contribution >= 4 is 0 Å². The Morgan fingerprint density at radius 2 is 2.33 bits per heavy atom. The van der Waals surface area contributed by atoms with Gasteiger partial charge in [0.1, 0.15) is 0 Å². The highest BCUT2D eigenvalue weighted by Crippen LogP contribution is 2.30. The van der Waals surface area contributed by atoms with Gasteiger partial charge in [-0.1, -0.05) is 0 Å². The van der Waals surface area contributed by atoms with Crippen LogP contribution in [0.15, 0.2) is 11.1 Å². The summed E-state index contributed by atoms with van der Waals surface area (Å²) >= 11 is 0. The molecule has 0 unspecified atom stereocenters. The van der Waals surface area contributed by atoms with Gasteiger partial charge in [0.2, 0.25) is 0 Å². The Morgan fingerprint density at radius 1 is 1.47 bits per heavy atom. The first-order valence-electron chi connectivity index (χ1n) is 5.66. The zero-order valence-electron chi connectivity index (χ0n) is 8.70. The predicted molar refractivity (Wildman–Crippen MR) is 56.8 cm³/mol. The summed E-state index contributed by atoms with van der Waals surface area (Å²) in [5.41, 5.74) is 2.08. The van der Waals surface area contributed by atoms with Crippen LogP contribution in [0.25, 0.3) is 0 Å². The predicted octanol–water partition coefficient (Wildman–Crippen LogP) is 0.614. The van der Waals surface area contributed by atoms with Crippen LogP contribution in [0.4, 0.5) is 0 Å². The molecule has 15 heavy (non-hydrogen) atoms. The molecular formula is C11H15N3O. The van der Waals surface area contributed by atoms with Crippen LogP contribution in [-0.2, 0) is 13.0 Å². The van der Waals surface area contributed by atoms with Crippen LogP contribution >= 0.6 is 0 Å². The quantitative estimate of drug-likeness (QED) is 0.731. The molecular weight excluding hydrogens is 190 g/mol. The maximum atomic E-state index is 12.1. The van der Waals surface area contributed by atoms with Crippen LogP contribution in [0.5, 0.6) is 0 Å². The third-order valence-corrected chi connectivity index (χ3v) is 3.49. The van der Waals surface area contributed by atoms with Gasteiger partial charge in [0.15, 0.2) is 0 Å². The van der Waals surface area contributed by atoms with Gasteiger partial charge >= 0.3 is 0 Å². The van der Waals surface area contributed by atoms with E-state index >= 15 is 0 Å². The van der Waals surface area contributed by atoms with Crippen molar-refractivity contribution in [3.05, 3.63) is 27.9 Å². The lowest BCUT2D eigenvalue weighted by Gasteiger charge is -2.28. The molecule has 1 N–H and O–H groups in total. The van der Waals surface area contributed by atoms with E-state index in [0.29, 0.717) is 6.04 Å². The lowest BCUT2D eigenvalue weighted by atomic mass is 9.92. The topological polar surface area (TPSA) is 46.9 Å². The van der Waals surface area contributed by atoms with Crippen molar-refractivity contribution in [2.45, 2.75) is 38.3 Å². The fourth-order valence-corrected chi connectivity index (χ4v) is 2.29. The Hall–Kier alpha value is -1.16. The number of rotatable bonds is 1. The lowest BCUT2D eigenvalue weighted by molar-refractivity contribution is 0.301. The molecule has 0 radical (unpaired) electrons. The molecule has 1 aliphatic carbocycles. The van der Waals surface area contributed by atoms with E-state index in [1.165, 1.54) is 6.42 Å². The van der Waals surface area contributed by atoms with Gasteiger partial charge in [0.25, 0.3) is 5.56 Å². The van der Waals surface area contributed by atoms with Crippen molar-refractivity contribution in [2.75, 3.05) is 6.54 Å². The number of nitrogens with zero attached hydrogens (tertiary/aromatic N) is 2. The number of fused-ring (bicyclic) bond motifs is 1. The molecule has 1 saturated carbocycles. The summed E-state index contributed by atoms with van der Waals surface area (Å²) in [6.07, 6.45) is 6.08. The molecule has 0 spiro atoms. The van der Waals surface area contributed by atoms with Crippen molar-refractivity contribution in [1.29, 1.82) is 0 Å². The first-order valence-corrected chi connectivity index (χ1v) is 5.66. The van der Waals surface area contributed by atoms with Gasteiger partial charge in [0.05, 0.1) is 12.0 Å². The van der Waals surface area contributed by atoms with Crippen molar-refractivity contribution in [2.24, 2.45) is 0 Å². The van der Waals surface area contributed by atoms with Gasteiger partial charge in [-0.3, -0.25) is 9.36 Å². The zero-order valence-corrected chi connectivity index (χ0v) is 8.70. The average molecular weight is 205 g/mol. The highest BCUT2D eigenvalue weighted by molar-refractivity contribution is 5.20. The second kappa shape index (κ2) is 3.45. The maximum Gasteiger partial charge on any atom is 0.257 e. The lowest BCUT2D eigenvalue weighted by Crippen LogP contribution is -2.37. The van der Waals surface area contributed by atoms with E-state index < -0.39 is 0 Å². The fraction of sp³-hybridized carbons (Fsp3) is 0.636.